The summed E-state index contributed by atoms with van der Waals surface area (Å²) >= 11 is 0. The molecule has 6 N–H and O–H groups in total. The van der Waals surface area contributed by atoms with Gasteiger partial charge in [0.25, 0.3) is 0 Å². The lowest BCUT2D eigenvalue weighted by molar-refractivity contribution is 0.138. The highest BCUT2D eigenvalue weighted by Crippen LogP contribution is 2.38. The van der Waals surface area contributed by atoms with Crippen LogP contribution in [0.5, 0.6) is 11.5 Å². The summed E-state index contributed by atoms with van der Waals surface area (Å²) in [6.07, 6.45) is 2.40. The predicted molar refractivity (Wildman–Crippen MR) is 238 cm³/mol. The third-order valence-corrected chi connectivity index (χ3v) is 10.4. The fourth-order valence-electron chi connectivity index (χ4n) is 6.90. The van der Waals surface area contributed by atoms with Crippen LogP contribution in [0, 0.1) is 42.6 Å². The maximum absolute atomic E-state index is 12.6. The third-order valence-electron chi connectivity index (χ3n) is 10.4. The highest BCUT2D eigenvalue weighted by atomic mass is 16.6. The summed E-state index contributed by atoms with van der Waals surface area (Å²) in [5, 5.41) is 24.0. The molecule has 0 unspecified atom stereocenters. The lowest BCUT2D eigenvalue weighted by atomic mass is 10.1. The molecule has 8 rings (SSSR count). The van der Waals surface area contributed by atoms with Gasteiger partial charge in [-0.2, -0.15) is 5.26 Å². The number of aryl methyl sites for hydroxylation is 2. The SMILES string of the molecule is Cc1ncc2c(c1OCc1ccc(C(=N)N)cc1)COC(=O)N2Cc1ccc(C(=N)N)cc1.[C-]#[N+]c1ccc(COc2c(C)ncc3c2COC(=O)N3Cc2ccc(C#N)cc2)cc1. The predicted octanol–water partition coefficient (Wildman–Crippen LogP) is 8.24. The van der Waals surface area contributed by atoms with Crippen molar-refractivity contribution in [1.82, 2.24) is 9.97 Å². The molecule has 0 radical (unpaired) electrons. The minimum atomic E-state index is -0.463. The summed E-state index contributed by atoms with van der Waals surface area (Å²) in [6.45, 7) is 12.1. The molecule has 0 bridgehead atoms. The van der Waals surface area contributed by atoms with Crippen molar-refractivity contribution in [3.8, 4) is 17.6 Å². The normalized spacial score (nSPS) is 12.5. The molecule has 4 aromatic carbocycles. The summed E-state index contributed by atoms with van der Waals surface area (Å²) in [5.41, 5.74) is 21.2. The van der Waals surface area contributed by atoms with Crippen LogP contribution >= 0.6 is 0 Å². The van der Waals surface area contributed by atoms with Gasteiger partial charge in [0, 0.05) is 11.1 Å². The zero-order valence-corrected chi connectivity index (χ0v) is 34.9. The van der Waals surface area contributed by atoms with E-state index in [0.717, 1.165) is 33.4 Å². The first kappa shape index (κ1) is 43.3. The number of fused-ring (bicyclic) bond motifs is 2. The van der Waals surface area contributed by atoms with E-state index in [9.17, 15) is 9.59 Å². The minimum absolute atomic E-state index is 0.0116. The van der Waals surface area contributed by atoms with Gasteiger partial charge in [0.05, 0.1) is 77.6 Å². The number of cyclic esters (lactones) is 2. The number of hydrogen-bond donors (Lipinski definition) is 4. The number of nitrogen functional groups attached to an aromatic ring is 2. The molecular formula is C48H42N10O6. The number of pyridine rings is 2. The second kappa shape index (κ2) is 19.3. The molecule has 0 saturated heterocycles. The number of nitriles is 1. The van der Waals surface area contributed by atoms with Crippen LogP contribution in [0.25, 0.3) is 4.85 Å². The maximum Gasteiger partial charge on any atom is 0.414 e. The number of ether oxygens (including phenoxy) is 4. The zero-order valence-electron chi connectivity index (χ0n) is 34.9. The summed E-state index contributed by atoms with van der Waals surface area (Å²) in [5.74, 6) is 1.16. The first-order valence-corrected chi connectivity index (χ1v) is 19.9. The van der Waals surface area contributed by atoms with Gasteiger partial charge in [-0.05, 0) is 48.2 Å². The number of nitrogens with two attached hydrogens (primary N) is 2. The van der Waals surface area contributed by atoms with E-state index in [0.29, 0.717) is 69.8 Å². The number of hydrogen-bond acceptors (Lipinski definition) is 11. The molecule has 2 aromatic heterocycles. The Kier molecular flexibility index (Phi) is 13.1. The van der Waals surface area contributed by atoms with Crippen molar-refractivity contribution in [3.05, 3.63) is 182 Å². The van der Waals surface area contributed by atoms with Gasteiger partial charge >= 0.3 is 12.2 Å². The molecule has 0 spiro atoms. The Morgan fingerprint density at radius 1 is 0.688 bits per heavy atom. The zero-order chi connectivity index (χ0) is 45.3. The van der Waals surface area contributed by atoms with Crippen LogP contribution in [0.3, 0.4) is 0 Å². The van der Waals surface area contributed by atoms with E-state index in [1.165, 1.54) is 9.80 Å². The first-order valence-electron chi connectivity index (χ1n) is 19.9. The van der Waals surface area contributed by atoms with E-state index >= 15 is 0 Å². The number of benzene rings is 4. The molecule has 2 aliphatic rings. The van der Waals surface area contributed by atoms with E-state index in [2.05, 4.69) is 20.9 Å². The quantitative estimate of drug-likeness (QED) is 0.0520. The minimum Gasteiger partial charge on any atom is -0.486 e. The van der Waals surface area contributed by atoms with Crippen molar-refractivity contribution >= 4 is 40.9 Å². The summed E-state index contributed by atoms with van der Waals surface area (Å²) in [6, 6.07) is 30.7. The van der Waals surface area contributed by atoms with Crippen LogP contribution in [-0.4, -0.2) is 33.8 Å². The molecule has 16 nitrogen and oxygen atoms in total. The average Bonchev–Trinajstić information content (AvgIpc) is 3.31. The Labute approximate surface area is 369 Å². The van der Waals surface area contributed by atoms with E-state index in [1.807, 2.05) is 62.4 Å². The van der Waals surface area contributed by atoms with Crippen LogP contribution < -0.4 is 30.7 Å². The lowest BCUT2D eigenvalue weighted by Gasteiger charge is -2.30. The number of aromatic nitrogens is 2. The number of nitrogens with one attached hydrogen (secondary N) is 2. The smallest absolute Gasteiger partial charge is 0.414 e. The molecule has 0 fully saturated rings. The Morgan fingerprint density at radius 2 is 1.08 bits per heavy atom. The lowest BCUT2D eigenvalue weighted by Crippen LogP contribution is -2.35. The van der Waals surface area contributed by atoms with Gasteiger partial charge in [-0.1, -0.05) is 84.9 Å². The topological polar surface area (TPSA) is 231 Å². The number of anilines is 2. The maximum atomic E-state index is 12.6. The number of carbonyl (C=O) groups excluding carboxylic acids is 2. The van der Waals surface area contributed by atoms with Crippen LogP contribution in [0.4, 0.5) is 26.7 Å². The van der Waals surface area contributed by atoms with Gasteiger partial charge in [-0.25, -0.2) is 14.4 Å². The molecule has 0 aliphatic carbocycles. The second-order valence-corrected chi connectivity index (χ2v) is 14.7. The summed E-state index contributed by atoms with van der Waals surface area (Å²) < 4.78 is 23.0. The number of amides is 2. The van der Waals surface area contributed by atoms with Crippen molar-refractivity contribution in [2.45, 2.75) is 53.4 Å². The largest absolute Gasteiger partial charge is 0.486 e. The Hall–Kier alpha value is -8.76. The molecule has 4 heterocycles. The van der Waals surface area contributed by atoms with Crippen molar-refractivity contribution < 1.29 is 28.5 Å². The van der Waals surface area contributed by atoms with Gasteiger partial charge in [0.1, 0.15) is 49.6 Å². The van der Waals surface area contributed by atoms with Gasteiger partial charge in [-0.3, -0.25) is 30.6 Å². The molecular weight excluding hydrogens is 813 g/mol. The third kappa shape index (κ3) is 9.88. The van der Waals surface area contributed by atoms with Crippen LogP contribution in [0.15, 0.2) is 109 Å². The molecule has 16 heteroatoms. The van der Waals surface area contributed by atoms with E-state index < -0.39 is 12.2 Å². The molecule has 0 saturated carbocycles. The fourth-order valence-corrected chi connectivity index (χ4v) is 6.90. The Bertz CT molecular complexity index is 2820. The highest BCUT2D eigenvalue weighted by molar-refractivity contribution is 5.95. The standard InChI is InChI=1S/C24H24N6O3.C24H18N4O3/c1-14-21(32-12-16-4-8-18(9-5-16)23(27)28)19-13-33-24(31)30(20(19)10-29-14)11-15-2-6-17(7-3-15)22(25)26;1-16-23(30-14-19-7-9-20(26-2)10-8-19)21-15-31-24(29)28(22(21)12-27-16)13-18-5-3-17(11-25)4-6-18/h2-10H,11-13H2,1H3,(H3,25,26)(H3,27,28);3-10,12H,13-15H2,1H3. The van der Waals surface area contributed by atoms with Crippen molar-refractivity contribution in [1.29, 1.82) is 16.1 Å². The molecule has 2 aliphatic heterocycles. The second-order valence-electron chi connectivity index (χ2n) is 14.7. The number of carbonyl (C=O) groups is 2. The molecule has 6 aromatic rings. The Balaban J connectivity index is 0.000000192. The molecule has 2 amide bonds. The number of rotatable bonds is 12. The highest BCUT2D eigenvalue weighted by Gasteiger charge is 2.31. The summed E-state index contributed by atoms with van der Waals surface area (Å²) in [4.78, 5) is 40.3. The number of nitrogens with zero attached hydrogens (tertiary/aromatic N) is 6. The summed E-state index contributed by atoms with van der Waals surface area (Å²) in [7, 11) is 0. The van der Waals surface area contributed by atoms with Crippen LogP contribution in [0.2, 0.25) is 0 Å². The first-order chi connectivity index (χ1) is 30.9. The van der Waals surface area contributed by atoms with Crippen LogP contribution in [0.1, 0.15) is 61.5 Å². The van der Waals surface area contributed by atoms with Gasteiger partial charge in [-0.15, -0.1) is 0 Å². The molecule has 0 atom stereocenters. The van der Waals surface area contributed by atoms with Gasteiger partial charge < -0.3 is 30.4 Å². The van der Waals surface area contributed by atoms with Crippen molar-refractivity contribution in [2.24, 2.45) is 11.5 Å². The Morgan fingerprint density at radius 3 is 1.47 bits per heavy atom. The van der Waals surface area contributed by atoms with Crippen molar-refractivity contribution in [3.63, 3.8) is 0 Å². The van der Waals surface area contributed by atoms with Crippen LogP contribution in [-0.2, 0) is 49.0 Å². The van der Waals surface area contributed by atoms with E-state index in [1.54, 1.807) is 60.9 Å². The number of amidine groups is 2. The van der Waals surface area contributed by atoms with Gasteiger partial charge in [0.15, 0.2) is 5.69 Å². The molecule has 320 valence electrons. The monoisotopic (exact) mass is 854 g/mol. The average molecular weight is 855 g/mol. The van der Waals surface area contributed by atoms with E-state index in [-0.39, 0.29) is 38.0 Å². The van der Waals surface area contributed by atoms with E-state index in [4.69, 9.17) is 53.1 Å². The van der Waals surface area contributed by atoms with Gasteiger partial charge in [0.2, 0.25) is 0 Å². The molecule has 64 heavy (non-hydrogen) atoms. The van der Waals surface area contributed by atoms with Crippen molar-refractivity contribution in [2.75, 3.05) is 9.80 Å². The fraction of sp³-hybridized carbons (Fsp3) is 0.167.